The molecule has 0 radical (unpaired) electrons. The second kappa shape index (κ2) is 8.01. The smallest absolute Gasteiger partial charge is 0.247 e. The number of benzene rings is 2. The number of rotatable bonds is 5. The lowest BCUT2D eigenvalue weighted by Crippen LogP contribution is -2.57. The average Bonchev–Trinajstić information content (AvgIpc) is 2.66. The van der Waals surface area contributed by atoms with Crippen molar-refractivity contribution in [2.24, 2.45) is 10.9 Å². The molecule has 2 atom stereocenters. The van der Waals surface area contributed by atoms with E-state index in [1.807, 2.05) is 67.6 Å². The molecule has 0 spiro atoms. The Bertz CT molecular complexity index is 837. The minimum absolute atomic E-state index is 0.129. The van der Waals surface area contributed by atoms with Gasteiger partial charge in [0.1, 0.15) is 0 Å². The molecule has 1 unspecified atom stereocenters. The number of nitrogens with one attached hydrogen (secondary N) is 1. The summed E-state index contributed by atoms with van der Waals surface area (Å²) in [6, 6.07) is 19.1. The highest BCUT2D eigenvalue weighted by molar-refractivity contribution is 7.80. The average molecular weight is 365 g/mol. The summed E-state index contributed by atoms with van der Waals surface area (Å²) in [4.78, 5) is 30.8. The Morgan fingerprint density at radius 2 is 1.73 bits per heavy atom. The molecular weight excluding hydrogens is 346 g/mol. The van der Waals surface area contributed by atoms with Crippen molar-refractivity contribution in [2.75, 3.05) is 0 Å². The normalized spacial score (nSPS) is 18.9. The Morgan fingerprint density at radius 1 is 1.12 bits per heavy atom. The molecule has 6 heteroatoms. The highest BCUT2D eigenvalue weighted by Crippen LogP contribution is 2.18. The molecule has 2 amide bonds. The van der Waals surface area contributed by atoms with Crippen LogP contribution in [0.3, 0.4) is 0 Å². The minimum Gasteiger partial charge on any atom is -0.302 e. The van der Waals surface area contributed by atoms with Crippen LogP contribution in [0.15, 0.2) is 65.7 Å². The van der Waals surface area contributed by atoms with E-state index in [-0.39, 0.29) is 17.1 Å². The monoisotopic (exact) mass is 365 g/mol. The first kappa shape index (κ1) is 17.9. The van der Waals surface area contributed by atoms with E-state index >= 15 is 0 Å². The van der Waals surface area contributed by atoms with Crippen LogP contribution in [-0.4, -0.2) is 28.0 Å². The van der Waals surface area contributed by atoms with E-state index in [1.54, 1.807) is 0 Å². The lowest BCUT2D eigenvalue weighted by molar-refractivity contribution is -0.138. The van der Waals surface area contributed by atoms with Crippen molar-refractivity contribution >= 4 is 35.4 Å². The number of nitrogens with zero attached hydrogens (tertiary/aromatic N) is 2. The summed E-state index contributed by atoms with van der Waals surface area (Å²) in [5.41, 5.74) is 1.96. The fourth-order valence-corrected chi connectivity index (χ4v) is 2.97. The van der Waals surface area contributed by atoms with E-state index in [1.165, 1.54) is 11.1 Å². The van der Waals surface area contributed by atoms with Crippen LogP contribution in [0.1, 0.15) is 24.1 Å². The van der Waals surface area contributed by atoms with Crippen molar-refractivity contribution in [3.8, 4) is 0 Å². The van der Waals surface area contributed by atoms with Crippen LogP contribution in [0.25, 0.3) is 0 Å². The second-order valence-electron chi connectivity index (χ2n) is 6.07. The Labute approximate surface area is 157 Å². The van der Waals surface area contributed by atoms with Crippen molar-refractivity contribution in [3.05, 3.63) is 71.8 Å². The third-order valence-electron chi connectivity index (χ3n) is 4.21. The van der Waals surface area contributed by atoms with Gasteiger partial charge in [-0.3, -0.25) is 19.5 Å². The Hall–Kier alpha value is -2.86. The molecule has 2 aromatic carbocycles. The highest BCUT2D eigenvalue weighted by Gasteiger charge is 2.37. The van der Waals surface area contributed by atoms with Gasteiger partial charge in [0.15, 0.2) is 11.0 Å². The molecule has 1 fully saturated rings. The van der Waals surface area contributed by atoms with Gasteiger partial charge < -0.3 is 5.32 Å². The predicted octanol–water partition coefficient (Wildman–Crippen LogP) is 2.88. The first-order chi connectivity index (χ1) is 12.6. The summed E-state index contributed by atoms with van der Waals surface area (Å²) >= 11 is 5.17. The van der Waals surface area contributed by atoms with Crippen LogP contribution in [0.5, 0.6) is 0 Å². The zero-order chi connectivity index (χ0) is 18.5. The van der Waals surface area contributed by atoms with Gasteiger partial charge in [-0.05, 0) is 30.3 Å². The number of carbonyl (C=O) groups excluding carboxylic acids is 2. The Kier molecular flexibility index (Phi) is 5.53. The summed E-state index contributed by atoms with van der Waals surface area (Å²) in [7, 11) is 0. The molecule has 0 saturated carbocycles. The van der Waals surface area contributed by atoms with Gasteiger partial charge in [-0.25, -0.2) is 0 Å². The molecule has 2 aromatic rings. The summed E-state index contributed by atoms with van der Waals surface area (Å²) in [5.74, 6) is -1.77. The number of amides is 2. The van der Waals surface area contributed by atoms with E-state index in [4.69, 9.17) is 12.2 Å². The SMILES string of the molecule is C[C@H](N=CC1C(=O)NC(=S)N(Cc2ccccc2)C1=O)c1ccccc1. The molecule has 1 N–H and O–H groups in total. The molecule has 1 saturated heterocycles. The first-order valence-corrected chi connectivity index (χ1v) is 8.75. The molecule has 0 aliphatic carbocycles. The molecule has 1 aliphatic heterocycles. The number of hydrogen-bond acceptors (Lipinski definition) is 4. The molecule has 0 bridgehead atoms. The molecule has 0 aromatic heterocycles. The fourth-order valence-electron chi connectivity index (χ4n) is 2.71. The maximum absolute atomic E-state index is 12.8. The van der Waals surface area contributed by atoms with Gasteiger partial charge in [0.25, 0.3) is 0 Å². The zero-order valence-electron chi connectivity index (χ0n) is 14.3. The van der Waals surface area contributed by atoms with Gasteiger partial charge in [0.05, 0.1) is 12.6 Å². The van der Waals surface area contributed by atoms with Gasteiger partial charge in [-0.2, -0.15) is 0 Å². The van der Waals surface area contributed by atoms with E-state index in [0.717, 1.165) is 11.1 Å². The molecule has 132 valence electrons. The fraction of sp³-hybridized carbons (Fsp3) is 0.200. The van der Waals surface area contributed by atoms with E-state index < -0.39 is 11.8 Å². The van der Waals surface area contributed by atoms with E-state index in [2.05, 4.69) is 10.3 Å². The molecule has 26 heavy (non-hydrogen) atoms. The van der Waals surface area contributed by atoms with E-state index in [0.29, 0.717) is 6.54 Å². The number of hydrogen-bond donors (Lipinski definition) is 1. The van der Waals surface area contributed by atoms with Crippen LogP contribution >= 0.6 is 12.2 Å². The number of aliphatic imine (C=N–C) groups is 1. The lowest BCUT2D eigenvalue weighted by Gasteiger charge is -2.31. The maximum atomic E-state index is 12.8. The van der Waals surface area contributed by atoms with Crippen molar-refractivity contribution < 1.29 is 9.59 Å². The number of carbonyl (C=O) groups is 2. The van der Waals surface area contributed by atoms with Crippen molar-refractivity contribution in [1.29, 1.82) is 0 Å². The summed E-state index contributed by atoms with van der Waals surface area (Å²) in [6.07, 6.45) is 1.43. The molecule has 1 aliphatic rings. The van der Waals surface area contributed by atoms with Gasteiger partial charge in [-0.1, -0.05) is 60.7 Å². The molecular formula is C20H19N3O2S. The molecule has 5 nitrogen and oxygen atoms in total. The highest BCUT2D eigenvalue weighted by atomic mass is 32.1. The Morgan fingerprint density at radius 3 is 2.38 bits per heavy atom. The van der Waals surface area contributed by atoms with Crippen LogP contribution in [-0.2, 0) is 16.1 Å². The largest absolute Gasteiger partial charge is 0.302 e. The van der Waals surface area contributed by atoms with Crippen molar-refractivity contribution in [2.45, 2.75) is 19.5 Å². The first-order valence-electron chi connectivity index (χ1n) is 8.34. The van der Waals surface area contributed by atoms with E-state index in [9.17, 15) is 9.59 Å². The van der Waals surface area contributed by atoms with Crippen LogP contribution < -0.4 is 5.32 Å². The molecule has 3 rings (SSSR count). The van der Waals surface area contributed by atoms with Gasteiger partial charge in [0, 0.05) is 6.21 Å². The zero-order valence-corrected chi connectivity index (χ0v) is 15.1. The third kappa shape index (κ3) is 4.03. The van der Waals surface area contributed by atoms with Crippen LogP contribution in [0, 0.1) is 5.92 Å². The third-order valence-corrected chi connectivity index (χ3v) is 4.54. The topological polar surface area (TPSA) is 61.8 Å². The maximum Gasteiger partial charge on any atom is 0.247 e. The summed E-state index contributed by atoms with van der Waals surface area (Å²) < 4.78 is 0. The van der Waals surface area contributed by atoms with Gasteiger partial charge >= 0.3 is 0 Å². The van der Waals surface area contributed by atoms with Gasteiger partial charge in [0.2, 0.25) is 11.8 Å². The number of thiocarbonyl (C=S) groups is 1. The van der Waals surface area contributed by atoms with Crippen molar-refractivity contribution in [1.82, 2.24) is 10.2 Å². The van der Waals surface area contributed by atoms with Gasteiger partial charge in [-0.15, -0.1) is 0 Å². The standard InChI is InChI=1S/C20H19N3O2S/c1-14(16-10-6-3-7-11-16)21-12-17-18(24)22-20(26)23(19(17)25)13-15-8-4-2-5-9-15/h2-12,14,17H,13H2,1H3,(H,22,24,26)/t14-,17?/m0/s1. The van der Waals surface area contributed by atoms with Crippen LogP contribution in [0.4, 0.5) is 0 Å². The second-order valence-corrected chi connectivity index (χ2v) is 6.45. The van der Waals surface area contributed by atoms with Crippen LogP contribution in [0.2, 0.25) is 0 Å². The summed E-state index contributed by atoms with van der Waals surface area (Å²) in [5, 5.41) is 2.73. The quantitative estimate of drug-likeness (QED) is 0.503. The Balaban J connectivity index is 1.76. The lowest BCUT2D eigenvalue weighted by atomic mass is 10.0. The molecule has 1 heterocycles. The minimum atomic E-state index is -0.975. The van der Waals surface area contributed by atoms with Crippen molar-refractivity contribution in [3.63, 3.8) is 0 Å². The predicted molar refractivity (Wildman–Crippen MR) is 105 cm³/mol. The summed E-state index contributed by atoms with van der Waals surface area (Å²) in [6.45, 7) is 2.24.